The third-order valence-corrected chi connectivity index (χ3v) is 6.45. The molecule has 1 saturated heterocycles. The van der Waals surface area contributed by atoms with Gasteiger partial charge in [-0.15, -0.1) is 11.3 Å². The van der Waals surface area contributed by atoms with Crippen LogP contribution in [0.15, 0.2) is 10.3 Å². The molecule has 0 aromatic carbocycles. The van der Waals surface area contributed by atoms with Crippen LogP contribution in [0.2, 0.25) is 0 Å². The minimum Gasteiger partial charge on any atom is -0.391 e. The van der Waals surface area contributed by atoms with E-state index < -0.39 is 10.0 Å². The van der Waals surface area contributed by atoms with Crippen molar-refractivity contribution in [3.63, 3.8) is 0 Å². The van der Waals surface area contributed by atoms with Gasteiger partial charge in [0.05, 0.1) is 11.5 Å². The molecule has 1 fully saturated rings. The molecule has 0 radical (unpaired) electrons. The van der Waals surface area contributed by atoms with Crippen molar-refractivity contribution in [1.82, 2.24) is 9.62 Å². The van der Waals surface area contributed by atoms with Crippen LogP contribution in [0.25, 0.3) is 0 Å². The van der Waals surface area contributed by atoms with Crippen LogP contribution >= 0.6 is 11.3 Å². The van der Waals surface area contributed by atoms with Gasteiger partial charge in [-0.05, 0) is 44.3 Å². The first-order valence-electron chi connectivity index (χ1n) is 6.33. The van der Waals surface area contributed by atoms with Gasteiger partial charge in [-0.3, -0.25) is 0 Å². The first-order chi connectivity index (χ1) is 8.95. The van der Waals surface area contributed by atoms with Gasteiger partial charge >= 0.3 is 0 Å². The lowest BCUT2D eigenvalue weighted by Crippen LogP contribution is -2.38. The Labute approximate surface area is 118 Å². The predicted octanol–water partition coefficient (Wildman–Crippen LogP) is 0.921. The highest BCUT2D eigenvalue weighted by molar-refractivity contribution is 7.89. The molecule has 1 aromatic heterocycles. The van der Waals surface area contributed by atoms with Crippen LogP contribution in [0, 0.1) is 6.92 Å². The highest BCUT2D eigenvalue weighted by atomic mass is 32.2. The van der Waals surface area contributed by atoms with E-state index in [2.05, 4.69) is 9.62 Å². The number of hydrogen-bond acceptors (Lipinski definition) is 5. The molecule has 19 heavy (non-hydrogen) atoms. The molecule has 0 amide bonds. The maximum absolute atomic E-state index is 12.3. The van der Waals surface area contributed by atoms with Crippen LogP contribution in [0.1, 0.15) is 23.3 Å². The summed E-state index contributed by atoms with van der Waals surface area (Å²) in [5, 5.41) is 11.0. The van der Waals surface area contributed by atoms with E-state index >= 15 is 0 Å². The van der Waals surface area contributed by atoms with E-state index in [1.54, 1.807) is 12.3 Å². The van der Waals surface area contributed by atoms with E-state index in [9.17, 15) is 13.5 Å². The van der Waals surface area contributed by atoms with Crippen molar-refractivity contribution >= 4 is 21.4 Å². The summed E-state index contributed by atoms with van der Waals surface area (Å²) >= 11 is 1.28. The first kappa shape index (κ1) is 14.9. The Morgan fingerprint density at radius 2 is 2.32 bits per heavy atom. The fraction of sp³-hybridized carbons (Fsp3) is 0.667. The van der Waals surface area contributed by atoms with Crippen molar-refractivity contribution in [2.75, 3.05) is 20.1 Å². The van der Waals surface area contributed by atoms with Crippen LogP contribution in [0.3, 0.4) is 0 Å². The Hall–Kier alpha value is -0.470. The Morgan fingerprint density at radius 3 is 2.89 bits per heavy atom. The number of likely N-dealkylation sites (N-methyl/N-ethyl adjacent to an activating group) is 1. The molecule has 5 nitrogen and oxygen atoms in total. The maximum Gasteiger partial charge on any atom is 0.242 e. The molecule has 0 saturated carbocycles. The smallest absolute Gasteiger partial charge is 0.242 e. The molecule has 2 N–H and O–H groups in total. The Morgan fingerprint density at radius 1 is 1.58 bits per heavy atom. The maximum atomic E-state index is 12.3. The van der Waals surface area contributed by atoms with Gasteiger partial charge in [-0.2, -0.15) is 0 Å². The van der Waals surface area contributed by atoms with Crippen molar-refractivity contribution in [3.05, 3.63) is 15.8 Å². The van der Waals surface area contributed by atoms with Gasteiger partial charge < -0.3 is 10.0 Å². The Bertz CT molecular complexity index is 539. The highest BCUT2D eigenvalue weighted by Crippen LogP contribution is 2.27. The van der Waals surface area contributed by atoms with Gasteiger partial charge in [0.1, 0.15) is 4.90 Å². The van der Waals surface area contributed by atoms with Gasteiger partial charge in [0.25, 0.3) is 0 Å². The molecule has 7 heteroatoms. The van der Waals surface area contributed by atoms with E-state index in [-0.39, 0.29) is 17.5 Å². The number of likely N-dealkylation sites (tertiary alicyclic amines) is 1. The lowest BCUT2D eigenvalue weighted by atomic mass is 10.2. The normalized spacial score (nSPS) is 21.1. The van der Waals surface area contributed by atoms with Gasteiger partial charge in [0.15, 0.2) is 0 Å². The number of aliphatic hydroxyl groups excluding tert-OH is 1. The zero-order valence-electron chi connectivity index (χ0n) is 11.2. The number of nitrogens with one attached hydrogen (secondary N) is 1. The van der Waals surface area contributed by atoms with Crippen LogP contribution in [-0.4, -0.2) is 44.6 Å². The molecule has 108 valence electrons. The SMILES string of the molecule is Cc1csc(CO)c1S(=O)(=O)NCC1CCCN1C. The lowest BCUT2D eigenvalue weighted by Gasteiger charge is -2.19. The number of aliphatic hydroxyl groups is 1. The Balaban J connectivity index is 2.12. The van der Waals surface area contributed by atoms with Gasteiger partial charge in [-0.25, -0.2) is 13.1 Å². The average molecular weight is 304 g/mol. The summed E-state index contributed by atoms with van der Waals surface area (Å²) in [6, 6.07) is 0.270. The van der Waals surface area contributed by atoms with E-state index in [4.69, 9.17) is 0 Å². The zero-order valence-corrected chi connectivity index (χ0v) is 12.9. The van der Waals surface area contributed by atoms with E-state index in [1.807, 2.05) is 7.05 Å². The molecule has 1 atom stereocenters. The number of hydrogen-bond donors (Lipinski definition) is 2. The van der Waals surface area contributed by atoms with Crippen molar-refractivity contribution in [2.45, 2.75) is 37.3 Å². The molecule has 2 heterocycles. The summed E-state index contributed by atoms with van der Waals surface area (Å²) in [5.41, 5.74) is 0.696. The second-order valence-electron chi connectivity index (χ2n) is 4.96. The molecule has 1 unspecified atom stereocenters. The molecular weight excluding hydrogens is 284 g/mol. The number of sulfonamides is 1. The summed E-state index contributed by atoms with van der Waals surface area (Å²) in [5.74, 6) is 0. The molecule has 1 aromatic rings. The third kappa shape index (κ3) is 3.17. The minimum absolute atomic E-state index is 0.238. The summed E-state index contributed by atoms with van der Waals surface area (Å²) in [6.07, 6.45) is 2.14. The van der Waals surface area contributed by atoms with Crippen LogP contribution < -0.4 is 4.72 Å². The van der Waals surface area contributed by atoms with Crippen molar-refractivity contribution in [1.29, 1.82) is 0 Å². The van der Waals surface area contributed by atoms with Crippen molar-refractivity contribution < 1.29 is 13.5 Å². The third-order valence-electron chi connectivity index (χ3n) is 3.58. The second kappa shape index (κ2) is 5.88. The average Bonchev–Trinajstić information content (AvgIpc) is 2.93. The summed E-state index contributed by atoms with van der Waals surface area (Å²) < 4.78 is 27.3. The molecule has 0 spiro atoms. The largest absolute Gasteiger partial charge is 0.391 e. The highest BCUT2D eigenvalue weighted by Gasteiger charge is 2.26. The van der Waals surface area contributed by atoms with Crippen molar-refractivity contribution in [2.24, 2.45) is 0 Å². The predicted molar refractivity (Wildman–Crippen MR) is 75.8 cm³/mol. The number of nitrogens with zero attached hydrogens (tertiary/aromatic N) is 1. The fourth-order valence-electron chi connectivity index (χ4n) is 2.47. The Kier molecular flexibility index (Phi) is 4.62. The van der Waals surface area contributed by atoms with Gasteiger partial charge in [0, 0.05) is 12.6 Å². The van der Waals surface area contributed by atoms with Crippen LogP contribution in [0.4, 0.5) is 0 Å². The molecule has 0 aliphatic carbocycles. The molecular formula is C12H20N2O3S2. The van der Waals surface area contributed by atoms with Crippen LogP contribution in [-0.2, 0) is 16.6 Å². The summed E-state index contributed by atoms with van der Waals surface area (Å²) in [4.78, 5) is 2.93. The van der Waals surface area contributed by atoms with Crippen LogP contribution in [0.5, 0.6) is 0 Å². The van der Waals surface area contributed by atoms with E-state index in [0.717, 1.165) is 19.4 Å². The lowest BCUT2D eigenvalue weighted by molar-refractivity contribution is 0.282. The molecule has 2 rings (SSSR count). The van der Waals surface area contributed by atoms with Gasteiger partial charge in [-0.1, -0.05) is 0 Å². The topological polar surface area (TPSA) is 69.6 Å². The number of thiophene rings is 1. The minimum atomic E-state index is -3.53. The molecule has 0 bridgehead atoms. The summed E-state index contributed by atoms with van der Waals surface area (Å²) in [6.45, 7) is 2.97. The second-order valence-corrected chi connectivity index (χ2v) is 7.63. The monoisotopic (exact) mass is 304 g/mol. The molecule has 1 aliphatic heterocycles. The quantitative estimate of drug-likeness (QED) is 0.849. The molecule has 1 aliphatic rings. The van der Waals surface area contributed by atoms with E-state index in [0.29, 0.717) is 17.0 Å². The first-order valence-corrected chi connectivity index (χ1v) is 8.69. The fourth-order valence-corrected chi connectivity index (χ4v) is 5.20. The zero-order chi connectivity index (χ0) is 14.0. The summed E-state index contributed by atoms with van der Waals surface area (Å²) in [7, 11) is -1.51. The van der Waals surface area contributed by atoms with Gasteiger partial charge in [0.2, 0.25) is 10.0 Å². The number of aryl methyl sites for hydroxylation is 1. The van der Waals surface area contributed by atoms with E-state index in [1.165, 1.54) is 11.3 Å². The number of rotatable bonds is 5. The van der Waals surface area contributed by atoms with Crippen molar-refractivity contribution in [3.8, 4) is 0 Å². The standard InChI is InChI=1S/C12H20N2O3S2/c1-9-8-18-11(7-15)12(9)19(16,17)13-6-10-4-3-5-14(10)2/h8,10,13,15H,3-7H2,1-2H3.